The first-order chi connectivity index (χ1) is 10.2. The van der Waals surface area contributed by atoms with E-state index in [1.807, 2.05) is 41.1 Å². The van der Waals surface area contributed by atoms with Crippen molar-refractivity contribution in [2.24, 2.45) is 5.84 Å². The van der Waals surface area contributed by atoms with Crippen LogP contribution in [0.5, 0.6) is 0 Å². The van der Waals surface area contributed by atoms with Crippen LogP contribution in [0.4, 0.5) is 0 Å². The molecule has 3 aromatic rings. The van der Waals surface area contributed by atoms with E-state index in [1.54, 1.807) is 17.5 Å². The van der Waals surface area contributed by atoms with E-state index in [0.29, 0.717) is 0 Å². The van der Waals surface area contributed by atoms with Gasteiger partial charge in [-0.05, 0) is 56.1 Å². The van der Waals surface area contributed by atoms with Crippen molar-refractivity contribution in [2.75, 3.05) is 0 Å². The van der Waals surface area contributed by atoms with Gasteiger partial charge in [-0.15, -0.1) is 11.3 Å². The summed E-state index contributed by atoms with van der Waals surface area (Å²) in [6, 6.07) is 13.9. The molecule has 0 bridgehead atoms. The minimum atomic E-state index is -0.148. The van der Waals surface area contributed by atoms with Crippen LogP contribution >= 0.6 is 43.2 Å². The Labute approximate surface area is 143 Å². The Kier molecular flexibility index (Phi) is 4.56. The fraction of sp³-hybridized carbons (Fsp3) is 0.0714. The Balaban J connectivity index is 2.07. The number of hydrogen-bond donors (Lipinski definition) is 2. The highest BCUT2D eigenvalue weighted by Gasteiger charge is 2.22. The Morgan fingerprint density at radius 1 is 1.19 bits per heavy atom. The first-order valence-corrected chi connectivity index (χ1v) is 8.61. The number of halogens is 2. The van der Waals surface area contributed by atoms with Crippen LogP contribution in [0.2, 0.25) is 0 Å². The first-order valence-electron chi connectivity index (χ1n) is 6.21. The number of benzene rings is 1. The number of rotatable bonds is 4. The van der Waals surface area contributed by atoms with E-state index in [4.69, 9.17) is 5.84 Å². The third-order valence-electron chi connectivity index (χ3n) is 3.13. The quantitative estimate of drug-likeness (QED) is 0.488. The summed E-state index contributed by atoms with van der Waals surface area (Å²) in [5.41, 5.74) is 5.94. The maximum absolute atomic E-state index is 5.80. The molecule has 108 valence electrons. The molecule has 1 atom stereocenters. The number of hydrazine groups is 1. The maximum atomic E-state index is 5.80. The van der Waals surface area contributed by atoms with Crippen molar-refractivity contribution in [3.8, 4) is 5.69 Å². The molecular formula is C14H12Br2N4S. The summed E-state index contributed by atoms with van der Waals surface area (Å²) in [6.45, 7) is 0. The molecule has 0 aliphatic carbocycles. The second kappa shape index (κ2) is 6.41. The van der Waals surface area contributed by atoms with Crippen molar-refractivity contribution in [3.63, 3.8) is 0 Å². The molecular weight excluding hydrogens is 416 g/mol. The smallest absolute Gasteiger partial charge is 0.0902 e. The summed E-state index contributed by atoms with van der Waals surface area (Å²) >= 11 is 8.71. The first kappa shape index (κ1) is 14.9. The van der Waals surface area contributed by atoms with E-state index in [-0.39, 0.29) is 6.04 Å². The maximum Gasteiger partial charge on any atom is 0.0902 e. The molecule has 0 amide bonds. The molecule has 2 aromatic heterocycles. The predicted molar refractivity (Wildman–Crippen MR) is 92.4 cm³/mol. The van der Waals surface area contributed by atoms with Crippen LogP contribution in [0, 0.1) is 0 Å². The molecule has 0 aliphatic heterocycles. The Bertz CT molecular complexity index is 739. The van der Waals surface area contributed by atoms with Crippen molar-refractivity contribution in [1.82, 2.24) is 15.2 Å². The molecule has 3 rings (SSSR count). The summed E-state index contributed by atoms with van der Waals surface area (Å²) in [7, 11) is 0. The van der Waals surface area contributed by atoms with Crippen LogP contribution in [-0.2, 0) is 0 Å². The summed E-state index contributed by atoms with van der Waals surface area (Å²) < 4.78 is 3.98. The lowest BCUT2D eigenvalue weighted by Crippen LogP contribution is -2.30. The average molecular weight is 428 g/mol. The van der Waals surface area contributed by atoms with E-state index < -0.39 is 0 Å². The van der Waals surface area contributed by atoms with Gasteiger partial charge in [0.05, 0.1) is 25.0 Å². The van der Waals surface area contributed by atoms with Crippen molar-refractivity contribution in [2.45, 2.75) is 6.04 Å². The predicted octanol–water partition coefficient (Wildman–Crippen LogP) is 4.01. The lowest BCUT2D eigenvalue weighted by Gasteiger charge is -2.17. The molecule has 21 heavy (non-hydrogen) atoms. The summed E-state index contributed by atoms with van der Waals surface area (Å²) in [5, 5.41) is 4.41. The molecule has 0 spiro atoms. The standard InChI is InChI=1S/C14H12Br2N4S/c15-12-8-10(14(16)21-12)13(19-17)11-6-7-18-20(11)9-4-2-1-3-5-9/h1-8,13,19H,17H2. The molecule has 7 heteroatoms. The zero-order chi connectivity index (χ0) is 14.8. The molecule has 0 aliphatic rings. The monoisotopic (exact) mass is 426 g/mol. The molecule has 1 unspecified atom stereocenters. The number of nitrogens with one attached hydrogen (secondary N) is 1. The lowest BCUT2D eigenvalue weighted by molar-refractivity contribution is 0.597. The van der Waals surface area contributed by atoms with Crippen molar-refractivity contribution in [1.29, 1.82) is 0 Å². The van der Waals surface area contributed by atoms with Crippen LogP contribution in [0.3, 0.4) is 0 Å². The molecule has 4 nitrogen and oxygen atoms in total. The van der Waals surface area contributed by atoms with Crippen LogP contribution in [0.15, 0.2) is 56.2 Å². The van der Waals surface area contributed by atoms with Crippen LogP contribution in [0.25, 0.3) is 5.69 Å². The van der Waals surface area contributed by atoms with Crippen molar-refractivity contribution in [3.05, 3.63) is 67.5 Å². The second-order valence-electron chi connectivity index (χ2n) is 4.38. The Morgan fingerprint density at radius 2 is 1.95 bits per heavy atom. The van der Waals surface area contributed by atoms with E-state index in [1.165, 1.54) is 0 Å². The normalized spacial score (nSPS) is 12.5. The molecule has 3 N–H and O–H groups in total. The third kappa shape index (κ3) is 2.97. The number of hydrogen-bond acceptors (Lipinski definition) is 4. The van der Waals surface area contributed by atoms with Crippen molar-refractivity contribution >= 4 is 43.2 Å². The highest BCUT2D eigenvalue weighted by atomic mass is 79.9. The van der Waals surface area contributed by atoms with E-state index in [2.05, 4.69) is 48.5 Å². The van der Waals surface area contributed by atoms with Gasteiger partial charge in [0.15, 0.2) is 0 Å². The Morgan fingerprint density at radius 3 is 2.57 bits per heavy atom. The molecule has 2 heterocycles. The van der Waals surface area contributed by atoms with Gasteiger partial charge >= 0.3 is 0 Å². The zero-order valence-electron chi connectivity index (χ0n) is 10.8. The summed E-state index contributed by atoms with van der Waals surface area (Å²) in [6.07, 6.45) is 1.78. The van der Waals surface area contributed by atoms with E-state index in [9.17, 15) is 0 Å². The van der Waals surface area contributed by atoms with Gasteiger partial charge < -0.3 is 0 Å². The van der Waals surface area contributed by atoms with Gasteiger partial charge in [-0.1, -0.05) is 18.2 Å². The number of nitrogens with zero attached hydrogens (tertiary/aromatic N) is 2. The zero-order valence-corrected chi connectivity index (χ0v) is 14.8. The number of nitrogens with two attached hydrogens (primary N) is 1. The van der Waals surface area contributed by atoms with Gasteiger partial charge in [0.25, 0.3) is 0 Å². The SMILES string of the molecule is NNC(c1cc(Br)sc1Br)c1ccnn1-c1ccccc1. The molecule has 0 saturated carbocycles. The van der Waals surface area contributed by atoms with Gasteiger partial charge in [0.2, 0.25) is 0 Å². The molecule has 0 fully saturated rings. The highest BCUT2D eigenvalue weighted by Crippen LogP contribution is 2.37. The summed E-state index contributed by atoms with van der Waals surface area (Å²) in [4.78, 5) is 0. The number of para-hydroxylation sites is 1. The van der Waals surface area contributed by atoms with Gasteiger partial charge in [-0.2, -0.15) is 5.10 Å². The van der Waals surface area contributed by atoms with Gasteiger partial charge in [0, 0.05) is 11.8 Å². The van der Waals surface area contributed by atoms with Crippen LogP contribution in [-0.4, -0.2) is 9.78 Å². The molecule has 0 saturated heterocycles. The van der Waals surface area contributed by atoms with E-state index >= 15 is 0 Å². The van der Waals surface area contributed by atoms with Crippen LogP contribution in [0.1, 0.15) is 17.3 Å². The topological polar surface area (TPSA) is 55.9 Å². The minimum absolute atomic E-state index is 0.148. The van der Waals surface area contributed by atoms with Crippen LogP contribution < -0.4 is 11.3 Å². The summed E-state index contributed by atoms with van der Waals surface area (Å²) in [5.74, 6) is 5.80. The molecule has 1 aromatic carbocycles. The second-order valence-corrected chi connectivity index (χ2v) is 8.13. The van der Waals surface area contributed by atoms with E-state index in [0.717, 1.165) is 24.5 Å². The molecule has 0 radical (unpaired) electrons. The van der Waals surface area contributed by atoms with Gasteiger partial charge in [-0.3, -0.25) is 5.84 Å². The minimum Gasteiger partial charge on any atom is -0.271 e. The fourth-order valence-electron chi connectivity index (χ4n) is 2.20. The fourth-order valence-corrected chi connectivity index (χ4v) is 5.10. The number of aromatic nitrogens is 2. The van der Waals surface area contributed by atoms with Crippen molar-refractivity contribution < 1.29 is 0 Å². The Hall–Kier alpha value is -0.990. The lowest BCUT2D eigenvalue weighted by atomic mass is 10.1. The number of thiophene rings is 1. The van der Waals surface area contributed by atoms with Gasteiger partial charge in [0.1, 0.15) is 0 Å². The largest absolute Gasteiger partial charge is 0.271 e. The average Bonchev–Trinajstić information content (AvgIpc) is 3.09. The third-order valence-corrected chi connectivity index (χ3v) is 5.52. The highest BCUT2D eigenvalue weighted by molar-refractivity contribution is 9.12. The van der Waals surface area contributed by atoms with Gasteiger partial charge in [-0.25, -0.2) is 10.1 Å².